The SMILES string of the molecule is Cc1cc(Nc2ncccn2)nc(C2CCN(C)C2)n1. The van der Waals surface area contributed by atoms with Crippen LogP contribution in [0, 0.1) is 6.92 Å². The highest BCUT2D eigenvalue weighted by Gasteiger charge is 2.24. The third-order valence-electron chi connectivity index (χ3n) is 3.43. The van der Waals surface area contributed by atoms with Crippen molar-refractivity contribution in [3.05, 3.63) is 36.0 Å². The van der Waals surface area contributed by atoms with Gasteiger partial charge < -0.3 is 10.2 Å². The lowest BCUT2D eigenvalue weighted by molar-refractivity contribution is 0.409. The summed E-state index contributed by atoms with van der Waals surface area (Å²) in [5, 5.41) is 3.13. The molecule has 0 radical (unpaired) electrons. The van der Waals surface area contributed by atoms with Crippen LogP contribution in [0.15, 0.2) is 24.5 Å². The number of likely N-dealkylation sites (N-methyl/N-ethyl adjacent to an activating group) is 1. The van der Waals surface area contributed by atoms with Crippen molar-refractivity contribution < 1.29 is 0 Å². The Morgan fingerprint density at radius 1 is 1.25 bits per heavy atom. The number of nitrogens with zero attached hydrogens (tertiary/aromatic N) is 5. The van der Waals surface area contributed by atoms with Gasteiger partial charge in [-0.05, 0) is 33.0 Å². The standard InChI is InChI=1S/C14H18N6/c1-10-8-12(19-14-15-5-3-6-16-14)18-13(17-10)11-4-7-20(2)9-11/h3,5-6,8,11H,4,7,9H2,1-2H3,(H,15,16,17,18,19). The Hall–Kier alpha value is -2.08. The van der Waals surface area contributed by atoms with Crippen LogP contribution in [-0.2, 0) is 0 Å². The van der Waals surface area contributed by atoms with E-state index in [-0.39, 0.29) is 0 Å². The van der Waals surface area contributed by atoms with Crippen LogP contribution in [0.5, 0.6) is 0 Å². The molecule has 1 unspecified atom stereocenters. The third-order valence-corrected chi connectivity index (χ3v) is 3.43. The number of nitrogens with one attached hydrogen (secondary N) is 1. The molecule has 1 saturated heterocycles. The van der Waals surface area contributed by atoms with Crippen molar-refractivity contribution in [2.45, 2.75) is 19.3 Å². The van der Waals surface area contributed by atoms with E-state index in [1.165, 1.54) is 0 Å². The molecule has 3 rings (SSSR count). The number of anilines is 2. The molecule has 6 heteroatoms. The average Bonchev–Trinajstić information content (AvgIpc) is 2.86. The summed E-state index contributed by atoms with van der Waals surface area (Å²) in [5.74, 6) is 2.64. The van der Waals surface area contributed by atoms with Gasteiger partial charge in [0.25, 0.3) is 0 Å². The second kappa shape index (κ2) is 5.50. The number of likely N-dealkylation sites (tertiary alicyclic amines) is 1. The fourth-order valence-electron chi connectivity index (χ4n) is 2.46. The topological polar surface area (TPSA) is 66.8 Å². The van der Waals surface area contributed by atoms with Crippen LogP contribution >= 0.6 is 0 Å². The molecular formula is C14H18N6. The van der Waals surface area contributed by atoms with E-state index in [2.05, 4.69) is 37.2 Å². The molecule has 0 spiro atoms. The average molecular weight is 270 g/mol. The molecule has 3 heterocycles. The zero-order valence-electron chi connectivity index (χ0n) is 11.7. The summed E-state index contributed by atoms with van der Waals surface area (Å²) < 4.78 is 0. The number of hydrogen-bond donors (Lipinski definition) is 1. The predicted octanol–water partition coefficient (Wildman–Crippen LogP) is 1.74. The van der Waals surface area contributed by atoms with E-state index in [4.69, 9.17) is 0 Å². The van der Waals surface area contributed by atoms with Crippen LogP contribution < -0.4 is 5.32 Å². The number of hydrogen-bond acceptors (Lipinski definition) is 6. The molecule has 0 bridgehead atoms. The van der Waals surface area contributed by atoms with Crippen LogP contribution in [0.1, 0.15) is 23.9 Å². The molecule has 1 aliphatic heterocycles. The molecule has 2 aromatic rings. The Labute approximate surface area is 118 Å². The van der Waals surface area contributed by atoms with Crippen molar-refractivity contribution in [2.75, 3.05) is 25.5 Å². The zero-order valence-corrected chi connectivity index (χ0v) is 11.7. The van der Waals surface area contributed by atoms with Crippen LogP contribution in [-0.4, -0.2) is 45.0 Å². The molecule has 0 amide bonds. The summed E-state index contributed by atoms with van der Waals surface area (Å²) >= 11 is 0. The second-order valence-electron chi connectivity index (χ2n) is 5.20. The number of rotatable bonds is 3. The van der Waals surface area contributed by atoms with Gasteiger partial charge in [0.2, 0.25) is 5.95 Å². The van der Waals surface area contributed by atoms with Crippen LogP contribution in [0.25, 0.3) is 0 Å². The Balaban J connectivity index is 1.83. The van der Waals surface area contributed by atoms with Crippen LogP contribution in [0.4, 0.5) is 11.8 Å². The highest BCUT2D eigenvalue weighted by atomic mass is 15.2. The van der Waals surface area contributed by atoms with Gasteiger partial charge in [-0.3, -0.25) is 0 Å². The lowest BCUT2D eigenvalue weighted by Gasteiger charge is -2.12. The van der Waals surface area contributed by atoms with Gasteiger partial charge in [0, 0.05) is 36.6 Å². The fraction of sp³-hybridized carbons (Fsp3) is 0.429. The van der Waals surface area contributed by atoms with Crippen molar-refractivity contribution in [1.29, 1.82) is 0 Å². The van der Waals surface area contributed by atoms with E-state index in [0.29, 0.717) is 11.9 Å². The molecular weight excluding hydrogens is 252 g/mol. The Bertz CT molecular complexity index is 585. The molecule has 1 aliphatic rings. The Morgan fingerprint density at radius 3 is 2.75 bits per heavy atom. The molecule has 0 aromatic carbocycles. The number of aryl methyl sites for hydroxylation is 1. The summed E-state index contributed by atoms with van der Waals surface area (Å²) in [5.41, 5.74) is 0.961. The van der Waals surface area contributed by atoms with E-state index in [1.54, 1.807) is 18.5 Å². The molecule has 1 atom stereocenters. The molecule has 0 saturated carbocycles. The normalized spacial score (nSPS) is 19.2. The highest BCUT2D eigenvalue weighted by molar-refractivity contribution is 5.47. The van der Waals surface area contributed by atoms with Crippen molar-refractivity contribution in [1.82, 2.24) is 24.8 Å². The minimum absolute atomic E-state index is 0.414. The van der Waals surface area contributed by atoms with Gasteiger partial charge in [-0.15, -0.1) is 0 Å². The van der Waals surface area contributed by atoms with Gasteiger partial charge in [0.05, 0.1) is 0 Å². The molecule has 1 fully saturated rings. The van der Waals surface area contributed by atoms with Gasteiger partial charge in [-0.2, -0.15) is 0 Å². The van der Waals surface area contributed by atoms with E-state index < -0.39 is 0 Å². The first-order valence-electron chi connectivity index (χ1n) is 6.79. The first-order chi connectivity index (χ1) is 9.70. The summed E-state index contributed by atoms with van der Waals surface area (Å²) in [6.07, 6.45) is 4.52. The summed E-state index contributed by atoms with van der Waals surface area (Å²) in [4.78, 5) is 19.8. The number of aromatic nitrogens is 4. The second-order valence-corrected chi connectivity index (χ2v) is 5.20. The first-order valence-corrected chi connectivity index (χ1v) is 6.79. The van der Waals surface area contributed by atoms with Crippen molar-refractivity contribution in [3.63, 3.8) is 0 Å². The van der Waals surface area contributed by atoms with Gasteiger partial charge in [0.15, 0.2) is 0 Å². The highest BCUT2D eigenvalue weighted by Crippen LogP contribution is 2.25. The van der Waals surface area contributed by atoms with Crippen LogP contribution in [0.2, 0.25) is 0 Å². The van der Waals surface area contributed by atoms with E-state index in [0.717, 1.165) is 36.8 Å². The van der Waals surface area contributed by atoms with Crippen molar-refractivity contribution in [3.8, 4) is 0 Å². The lowest BCUT2D eigenvalue weighted by atomic mass is 10.1. The smallest absolute Gasteiger partial charge is 0.228 e. The zero-order chi connectivity index (χ0) is 13.9. The first kappa shape index (κ1) is 12.9. The van der Waals surface area contributed by atoms with E-state index >= 15 is 0 Å². The van der Waals surface area contributed by atoms with Gasteiger partial charge in [0.1, 0.15) is 11.6 Å². The minimum Gasteiger partial charge on any atom is -0.309 e. The fourth-order valence-corrected chi connectivity index (χ4v) is 2.46. The van der Waals surface area contributed by atoms with E-state index in [1.807, 2.05) is 13.0 Å². The lowest BCUT2D eigenvalue weighted by Crippen LogP contribution is -2.15. The molecule has 0 aliphatic carbocycles. The maximum atomic E-state index is 4.62. The Kier molecular flexibility index (Phi) is 3.56. The minimum atomic E-state index is 0.414. The monoisotopic (exact) mass is 270 g/mol. The maximum Gasteiger partial charge on any atom is 0.228 e. The maximum absolute atomic E-state index is 4.62. The summed E-state index contributed by atoms with van der Waals surface area (Å²) in [7, 11) is 2.13. The summed E-state index contributed by atoms with van der Waals surface area (Å²) in [6, 6.07) is 3.70. The van der Waals surface area contributed by atoms with Crippen molar-refractivity contribution >= 4 is 11.8 Å². The van der Waals surface area contributed by atoms with E-state index in [9.17, 15) is 0 Å². The molecule has 1 N–H and O–H groups in total. The largest absolute Gasteiger partial charge is 0.309 e. The predicted molar refractivity (Wildman–Crippen MR) is 76.9 cm³/mol. The molecule has 6 nitrogen and oxygen atoms in total. The van der Waals surface area contributed by atoms with Gasteiger partial charge in [-0.25, -0.2) is 19.9 Å². The molecule has 2 aromatic heterocycles. The Morgan fingerprint density at radius 2 is 2.05 bits per heavy atom. The molecule has 20 heavy (non-hydrogen) atoms. The quantitative estimate of drug-likeness (QED) is 0.916. The van der Waals surface area contributed by atoms with Crippen molar-refractivity contribution in [2.24, 2.45) is 0 Å². The molecule has 104 valence electrons. The van der Waals surface area contributed by atoms with Crippen LogP contribution in [0.3, 0.4) is 0 Å². The third kappa shape index (κ3) is 2.91. The van der Waals surface area contributed by atoms with Gasteiger partial charge in [-0.1, -0.05) is 0 Å². The summed E-state index contributed by atoms with van der Waals surface area (Å²) in [6.45, 7) is 4.11. The van der Waals surface area contributed by atoms with Gasteiger partial charge >= 0.3 is 0 Å².